The number of carboxylic acid groups (broad SMARTS) is 1. The highest BCUT2D eigenvalue weighted by atomic mass is 16.5. The van der Waals surface area contributed by atoms with Crippen LogP contribution in [0.1, 0.15) is 11.6 Å². The second kappa shape index (κ2) is 7.32. The maximum atomic E-state index is 12.1. The van der Waals surface area contributed by atoms with Gasteiger partial charge >= 0.3 is 5.97 Å². The molecule has 1 aliphatic rings. The van der Waals surface area contributed by atoms with Crippen molar-refractivity contribution in [2.45, 2.75) is 6.04 Å². The minimum Gasteiger partial charge on any atom is -0.495 e. The van der Waals surface area contributed by atoms with Crippen LogP contribution in [0.3, 0.4) is 0 Å². The fourth-order valence-corrected chi connectivity index (χ4v) is 3.92. The molecule has 140 valence electrons. The van der Waals surface area contributed by atoms with E-state index in [2.05, 4.69) is 9.88 Å². The zero-order valence-electron chi connectivity index (χ0n) is 15.3. The molecule has 4 rings (SSSR count). The Morgan fingerprint density at radius 2 is 1.78 bits per heavy atom. The Morgan fingerprint density at radius 1 is 1.07 bits per heavy atom. The second-order valence-corrected chi connectivity index (χ2v) is 6.73. The molecule has 2 aromatic carbocycles. The first-order valence-corrected chi connectivity index (χ1v) is 9.10. The molecule has 0 amide bonds. The van der Waals surface area contributed by atoms with Gasteiger partial charge in [-0.3, -0.25) is 9.69 Å². The number of ether oxygens (including phenoxy) is 1. The van der Waals surface area contributed by atoms with Crippen molar-refractivity contribution in [3.8, 4) is 5.75 Å². The molecule has 2 heterocycles. The van der Waals surface area contributed by atoms with Crippen molar-refractivity contribution in [1.82, 2.24) is 9.88 Å². The molecule has 1 aliphatic heterocycles. The Balaban J connectivity index is 1.56. The number of carbonyl (C=O) groups is 1. The van der Waals surface area contributed by atoms with Gasteiger partial charge in [0.25, 0.3) is 0 Å². The number of nitrogens with one attached hydrogen (secondary N) is 1. The van der Waals surface area contributed by atoms with Crippen LogP contribution in [0.15, 0.2) is 54.7 Å². The van der Waals surface area contributed by atoms with Crippen LogP contribution in [0.2, 0.25) is 0 Å². The van der Waals surface area contributed by atoms with Gasteiger partial charge < -0.3 is 19.7 Å². The van der Waals surface area contributed by atoms with Gasteiger partial charge in [0.15, 0.2) is 0 Å². The van der Waals surface area contributed by atoms with Crippen LogP contribution >= 0.6 is 0 Å². The van der Waals surface area contributed by atoms with Crippen molar-refractivity contribution in [2.75, 3.05) is 38.2 Å². The molecule has 0 spiro atoms. The van der Waals surface area contributed by atoms with Gasteiger partial charge in [-0.05, 0) is 18.2 Å². The number of carboxylic acids is 1. The molecular weight excluding hydrogens is 342 g/mol. The molecule has 1 aromatic heterocycles. The number of anilines is 1. The summed E-state index contributed by atoms with van der Waals surface area (Å²) in [4.78, 5) is 19.6. The summed E-state index contributed by atoms with van der Waals surface area (Å²) in [5.74, 6) is 0.0304. The number of nitrogens with zero attached hydrogens (tertiary/aromatic N) is 2. The number of H-pyrrole nitrogens is 1. The topological polar surface area (TPSA) is 68.8 Å². The maximum Gasteiger partial charge on any atom is 0.325 e. The van der Waals surface area contributed by atoms with E-state index < -0.39 is 12.0 Å². The van der Waals surface area contributed by atoms with Gasteiger partial charge in [0, 0.05) is 48.8 Å². The molecule has 0 saturated carbocycles. The first-order valence-electron chi connectivity index (χ1n) is 9.10. The largest absolute Gasteiger partial charge is 0.495 e. The Kier molecular flexibility index (Phi) is 4.73. The molecule has 2 N–H and O–H groups in total. The standard InChI is InChI=1S/C21H23N3O3/c1-27-19-9-5-4-8-18(19)23-10-12-24(13-11-23)20(21(25)26)16-14-22-17-7-3-2-6-15(16)17/h2-9,14,20,22H,10-13H2,1H3,(H,25,26). The predicted molar refractivity (Wildman–Crippen MR) is 105 cm³/mol. The number of fused-ring (bicyclic) bond motifs is 1. The molecule has 3 aromatic rings. The number of rotatable bonds is 5. The number of benzene rings is 2. The highest BCUT2D eigenvalue weighted by Crippen LogP contribution is 2.32. The molecule has 0 aliphatic carbocycles. The summed E-state index contributed by atoms with van der Waals surface area (Å²) in [6, 6.07) is 15.1. The molecule has 6 nitrogen and oxygen atoms in total. The van der Waals surface area contributed by atoms with Crippen molar-refractivity contribution >= 4 is 22.6 Å². The minimum atomic E-state index is -0.814. The average molecular weight is 365 g/mol. The predicted octanol–water partition coefficient (Wildman–Crippen LogP) is 3.12. The lowest BCUT2D eigenvalue weighted by atomic mass is 10.0. The van der Waals surface area contributed by atoms with E-state index in [0.29, 0.717) is 13.1 Å². The molecule has 1 atom stereocenters. The Labute approximate surface area is 158 Å². The van der Waals surface area contributed by atoms with Gasteiger partial charge in [0.05, 0.1) is 12.8 Å². The van der Waals surface area contributed by atoms with Gasteiger partial charge in [-0.2, -0.15) is 0 Å². The van der Waals surface area contributed by atoms with Crippen molar-refractivity contribution in [1.29, 1.82) is 0 Å². The summed E-state index contributed by atoms with van der Waals surface area (Å²) < 4.78 is 5.46. The van der Waals surface area contributed by atoms with Gasteiger partial charge in [0.2, 0.25) is 0 Å². The van der Waals surface area contributed by atoms with E-state index in [1.54, 1.807) is 7.11 Å². The van der Waals surface area contributed by atoms with Gasteiger partial charge in [-0.25, -0.2) is 0 Å². The SMILES string of the molecule is COc1ccccc1N1CCN(C(C(=O)O)c2c[nH]c3ccccc23)CC1. The number of hydrogen-bond acceptors (Lipinski definition) is 4. The quantitative estimate of drug-likeness (QED) is 0.727. The molecule has 0 bridgehead atoms. The highest BCUT2D eigenvalue weighted by molar-refractivity contribution is 5.89. The molecule has 1 saturated heterocycles. The monoisotopic (exact) mass is 365 g/mol. The number of para-hydroxylation sites is 3. The first kappa shape index (κ1) is 17.4. The molecular formula is C21H23N3O3. The van der Waals surface area contributed by atoms with E-state index in [9.17, 15) is 9.90 Å². The lowest BCUT2D eigenvalue weighted by Gasteiger charge is -2.39. The fraction of sp³-hybridized carbons (Fsp3) is 0.286. The van der Waals surface area contributed by atoms with Gasteiger partial charge in [-0.1, -0.05) is 30.3 Å². The van der Waals surface area contributed by atoms with Crippen molar-refractivity contribution < 1.29 is 14.6 Å². The maximum absolute atomic E-state index is 12.1. The highest BCUT2D eigenvalue weighted by Gasteiger charge is 2.32. The van der Waals surface area contributed by atoms with Gasteiger partial charge in [0.1, 0.15) is 11.8 Å². The summed E-state index contributed by atoms with van der Waals surface area (Å²) in [6.07, 6.45) is 1.83. The van der Waals surface area contributed by atoms with E-state index in [0.717, 1.165) is 41.0 Å². The lowest BCUT2D eigenvalue weighted by molar-refractivity contribution is -0.143. The minimum absolute atomic E-state index is 0.652. The lowest BCUT2D eigenvalue weighted by Crippen LogP contribution is -2.49. The number of aromatic nitrogens is 1. The third-order valence-corrected chi connectivity index (χ3v) is 5.26. The van der Waals surface area contributed by atoms with Gasteiger partial charge in [-0.15, -0.1) is 0 Å². The van der Waals surface area contributed by atoms with Crippen LogP contribution < -0.4 is 9.64 Å². The smallest absolute Gasteiger partial charge is 0.325 e. The number of aromatic amines is 1. The van der Waals surface area contributed by atoms with Crippen LogP contribution in [0.4, 0.5) is 5.69 Å². The van der Waals surface area contributed by atoms with Crippen LogP contribution in [-0.2, 0) is 4.79 Å². The van der Waals surface area contributed by atoms with E-state index in [-0.39, 0.29) is 0 Å². The summed E-state index contributed by atoms with van der Waals surface area (Å²) in [5, 5.41) is 10.9. The van der Waals surface area contributed by atoms with E-state index in [1.807, 2.05) is 59.6 Å². The Bertz CT molecular complexity index is 945. The number of aliphatic carboxylic acids is 1. The summed E-state index contributed by atoms with van der Waals surface area (Å²) in [6.45, 7) is 2.86. The third kappa shape index (κ3) is 3.24. The van der Waals surface area contributed by atoms with Crippen LogP contribution in [0.5, 0.6) is 5.75 Å². The average Bonchev–Trinajstić information content (AvgIpc) is 3.12. The van der Waals surface area contributed by atoms with Crippen LogP contribution in [0, 0.1) is 0 Å². The van der Waals surface area contributed by atoms with E-state index >= 15 is 0 Å². The summed E-state index contributed by atoms with van der Waals surface area (Å²) in [7, 11) is 1.67. The number of methoxy groups -OCH3 is 1. The zero-order valence-corrected chi connectivity index (χ0v) is 15.3. The molecule has 1 unspecified atom stereocenters. The van der Waals surface area contributed by atoms with Crippen molar-refractivity contribution in [3.05, 3.63) is 60.3 Å². The molecule has 6 heteroatoms. The first-order chi connectivity index (χ1) is 13.2. The van der Waals surface area contributed by atoms with Crippen LogP contribution in [-0.4, -0.2) is 54.2 Å². The zero-order chi connectivity index (χ0) is 18.8. The number of piperazine rings is 1. The Morgan fingerprint density at radius 3 is 2.52 bits per heavy atom. The summed E-state index contributed by atoms with van der Waals surface area (Å²) >= 11 is 0. The molecule has 27 heavy (non-hydrogen) atoms. The van der Waals surface area contributed by atoms with Crippen LogP contribution in [0.25, 0.3) is 10.9 Å². The molecule has 1 fully saturated rings. The number of hydrogen-bond donors (Lipinski definition) is 2. The van der Waals surface area contributed by atoms with E-state index in [4.69, 9.17) is 4.74 Å². The van der Waals surface area contributed by atoms with Crippen molar-refractivity contribution in [2.24, 2.45) is 0 Å². The summed E-state index contributed by atoms with van der Waals surface area (Å²) in [5.41, 5.74) is 2.84. The molecule has 0 radical (unpaired) electrons. The van der Waals surface area contributed by atoms with Crippen molar-refractivity contribution in [3.63, 3.8) is 0 Å². The second-order valence-electron chi connectivity index (χ2n) is 6.73. The normalized spacial score (nSPS) is 16.4. The Hall–Kier alpha value is -2.99. The fourth-order valence-electron chi connectivity index (χ4n) is 3.92. The third-order valence-electron chi connectivity index (χ3n) is 5.26. The van der Waals surface area contributed by atoms with E-state index in [1.165, 1.54) is 0 Å².